The van der Waals surface area contributed by atoms with Gasteiger partial charge >= 0.3 is 5.97 Å². The number of nitrogens with zero attached hydrogens (tertiary/aromatic N) is 1. The van der Waals surface area contributed by atoms with Gasteiger partial charge < -0.3 is 9.84 Å². The predicted octanol–water partition coefficient (Wildman–Crippen LogP) is 0.792. The molecule has 0 aliphatic carbocycles. The van der Waals surface area contributed by atoms with E-state index in [1.54, 1.807) is 20.8 Å². The lowest BCUT2D eigenvalue weighted by Crippen LogP contribution is -2.48. The highest BCUT2D eigenvalue weighted by molar-refractivity contribution is 6.12. The molecule has 5 atom stereocenters. The van der Waals surface area contributed by atoms with Gasteiger partial charge in [0.15, 0.2) is 0 Å². The highest BCUT2D eigenvalue weighted by Crippen LogP contribution is 2.64. The molecule has 1 N–H and O–H groups in total. The van der Waals surface area contributed by atoms with Crippen LogP contribution < -0.4 is 0 Å². The van der Waals surface area contributed by atoms with Gasteiger partial charge in [-0.2, -0.15) is 0 Å². The largest absolute Gasteiger partial charge is 0.480 e. The fourth-order valence-electron chi connectivity index (χ4n) is 4.22. The summed E-state index contributed by atoms with van der Waals surface area (Å²) in [6.07, 6.45) is 1.19. The molecule has 3 aliphatic rings. The molecule has 0 aromatic carbocycles. The summed E-state index contributed by atoms with van der Waals surface area (Å²) < 4.78 is 5.79. The van der Waals surface area contributed by atoms with Crippen LogP contribution in [0.4, 0.5) is 0 Å². The number of carbonyl (C=O) groups is 3. The van der Waals surface area contributed by atoms with Crippen molar-refractivity contribution < 1.29 is 24.2 Å². The molecule has 6 heteroatoms. The fourth-order valence-corrected chi connectivity index (χ4v) is 4.22. The van der Waals surface area contributed by atoms with E-state index in [1.165, 1.54) is 0 Å². The number of amides is 2. The van der Waals surface area contributed by atoms with Crippen LogP contribution in [-0.4, -0.2) is 46.0 Å². The third kappa shape index (κ3) is 1.17. The topological polar surface area (TPSA) is 83.9 Å². The number of ether oxygens (including phenoxy) is 1. The number of carbonyl (C=O) groups excluding carboxylic acids is 2. The summed E-state index contributed by atoms with van der Waals surface area (Å²) in [5.41, 5.74) is -1.84. The number of rotatable bonds is 3. The maximum Gasteiger partial charge on any atom is 0.326 e. The summed E-state index contributed by atoms with van der Waals surface area (Å²) in [4.78, 5) is 37.9. The number of hydrogen-bond donors (Lipinski definition) is 1. The van der Waals surface area contributed by atoms with E-state index in [0.717, 1.165) is 17.7 Å². The maximum absolute atomic E-state index is 12.8. The van der Waals surface area contributed by atoms with Crippen LogP contribution in [0.3, 0.4) is 0 Å². The Morgan fingerprint density at radius 3 is 2.10 bits per heavy atom. The minimum absolute atomic E-state index is 0.217. The number of imide groups is 1. The third-order valence-corrected chi connectivity index (χ3v) is 5.70. The molecule has 20 heavy (non-hydrogen) atoms. The van der Waals surface area contributed by atoms with Gasteiger partial charge in [-0.3, -0.25) is 14.5 Å². The number of carboxylic acids is 1. The molecular formula is C14H19NO5. The van der Waals surface area contributed by atoms with Crippen LogP contribution in [0.2, 0.25) is 0 Å². The van der Waals surface area contributed by atoms with E-state index in [2.05, 4.69) is 0 Å². The van der Waals surface area contributed by atoms with E-state index in [4.69, 9.17) is 4.74 Å². The highest BCUT2D eigenvalue weighted by Gasteiger charge is 2.77. The van der Waals surface area contributed by atoms with Gasteiger partial charge in [-0.15, -0.1) is 0 Å². The molecule has 0 spiro atoms. The van der Waals surface area contributed by atoms with E-state index < -0.39 is 22.8 Å². The number of hydrogen-bond acceptors (Lipinski definition) is 4. The Hall–Kier alpha value is -1.43. The molecule has 6 nitrogen and oxygen atoms in total. The molecule has 0 aromatic heterocycles. The first-order valence-corrected chi connectivity index (χ1v) is 7.06. The molecule has 2 bridgehead atoms. The first-order valence-electron chi connectivity index (χ1n) is 7.06. The molecule has 0 saturated carbocycles. The Kier molecular flexibility index (Phi) is 2.58. The summed E-state index contributed by atoms with van der Waals surface area (Å²) in [6.45, 7) is 5.18. The van der Waals surface area contributed by atoms with Gasteiger partial charge in [0, 0.05) is 0 Å². The molecule has 3 saturated heterocycles. The van der Waals surface area contributed by atoms with Crippen LogP contribution in [-0.2, 0) is 19.1 Å². The second-order valence-corrected chi connectivity index (χ2v) is 6.34. The van der Waals surface area contributed by atoms with Gasteiger partial charge in [-0.05, 0) is 33.1 Å². The fraction of sp³-hybridized carbons (Fsp3) is 0.786. The van der Waals surface area contributed by atoms with Crippen molar-refractivity contribution in [3.8, 4) is 0 Å². The van der Waals surface area contributed by atoms with Crippen LogP contribution in [0, 0.1) is 10.8 Å². The first-order chi connectivity index (χ1) is 9.30. The predicted molar refractivity (Wildman–Crippen MR) is 67.7 cm³/mol. The van der Waals surface area contributed by atoms with Crippen LogP contribution in [0.25, 0.3) is 0 Å². The molecule has 3 rings (SSSR count). The molecule has 0 aromatic rings. The number of likely N-dealkylation sites (tertiary alicyclic amines) is 1. The molecule has 0 radical (unpaired) electrons. The summed E-state index contributed by atoms with van der Waals surface area (Å²) in [7, 11) is 0. The molecule has 110 valence electrons. The van der Waals surface area contributed by atoms with Crippen molar-refractivity contribution in [2.45, 2.75) is 58.3 Å². The minimum Gasteiger partial charge on any atom is -0.480 e. The smallest absolute Gasteiger partial charge is 0.326 e. The quantitative estimate of drug-likeness (QED) is 0.773. The SMILES string of the molecule is CC[C@@H](C(=O)O)N1C(=O)[C@@]2(C)[C@@H]3CC[C@@H](O3)[C@@]2(C)C1=O. The van der Waals surface area contributed by atoms with Crippen molar-refractivity contribution in [2.24, 2.45) is 10.8 Å². The number of aliphatic carboxylic acids is 1. The van der Waals surface area contributed by atoms with Crippen molar-refractivity contribution >= 4 is 17.8 Å². The number of carboxylic acid groups (broad SMARTS) is 1. The summed E-state index contributed by atoms with van der Waals surface area (Å²) in [5, 5.41) is 9.27. The molecule has 0 unspecified atom stereocenters. The van der Waals surface area contributed by atoms with Crippen LogP contribution in [0.15, 0.2) is 0 Å². The lowest BCUT2D eigenvalue weighted by atomic mass is 9.59. The molecule has 2 amide bonds. The zero-order chi connectivity index (χ0) is 14.9. The van der Waals surface area contributed by atoms with E-state index in [-0.39, 0.29) is 30.4 Å². The van der Waals surface area contributed by atoms with E-state index >= 15 is 0 Å². The van der Waals surface area contributed by atoms with Crippen molar-refractivity contribution in [3.05, 3.63) is 0 Å². The summed E-state index contributed by atoms with van der Waals surface area (Å²) in [5.74, 6) is -1.90. The van der Waals surface area contributed by atoms with Gasteiger partial charge in [0.2, 0.25) is 11.8 Å². The van der Waals surface area contributed by atoms with Gasteiger partial charge in [0.1, 0.15) is 6.04 Å². The lowest BCUT2D eigenvalue weighted by Gasteiger charge is -2.36. The average Bonchev–Trinajstić information content (AvgIpc) is 3.00. The Bertz CT molecular complexity index is 484. The Balaban J connectivity index is 2.09. The van der Waals surface area contributed by atoms with E-state index in [1.807, 2.05) is 0 Å². The van der Waals surface area contributed by atoms with E-state index in [9.17, 15) is 19.5 Å². The number of fused-ring (bicyclic) bond motifs is 5. The highest BCUT2D eigenvalue weighted by atomic mass is 16.5. The monoisotopic (exact) mass is 281 g/mol. The first kappa shape index (κ1) is 13.5. The lowest BCUT2D eigenvalue weighted by molar-refractivity contribution is -0.158. The molecule has 3 heterocycles. The van der Waals surface area contributed by atoms with Gasteiger partial charge in [-0.25, -0.2) is 4.79 Å². The van der Waals surface area contributed by atoms with Crippen molar-refractivity contribution in [2.75, 3.05) is 0 Å². The van der Waals surface area contributed by atoms with Crippen molar-refractivity contribution in [3.63, 3.8) is 0 Å². The molecule has 3 aliphatic heterocycles. The van der Waals surface area contributed by atoms with Gasteiger partial charge in [-0.1, -0.05) is 6.92 Å². The van der Waals surface area contributed by atoms with Crippen LogP contribution >= 0.6 is 0 Å². The Labute approximate surface area is 117 Å². The van der Waals surface area contributed by atoms with Crippen LogP contribution in [0.1, 0.15) is 40.0 Å². The van der Waals surface area contributed by atoms with Gasteiger partial charge in [0.25, 0.3) is 0 Å². The summed E-state index contributed by atoms with van der Waals surface area (Å²) in [6, 6.07) is -1.08. The minimum atomic E-state index is -1.13. The Morgan fingerprint density at radius 1 is 1.30 bits per heavy atom. The van der Waals surface area contributed by atoms with Crippen molar-refractivity contribution in [1.82, 2.24) is 4.90 Å². The molecule has 3 fully saturated rings. The van der Waals surface area contributed by atoms with E-state index in [0.29, 0.717) is 0 Å². The third-order valence-electron chi connectivity index (χ3n) is 5.70. The summed E-state index contributed by atoms with van der Waals surface area (Å²) >= 11 is 0. The zero-order valence-electron chi connectivity index (χ0n) is 11.9. The zero-order valence-corrected chi connectivity index (χ0v) is 11.9. The second-order valence-electron chi connectivity index (χ2n) is 6.34. The average molecular weight is 281 g/mol. The van der Waals surface area contributed by atoms with Crippen molar-refractivity contribution in [1.29, 1.82) is 0 Å². The standard InChI is InChI=1S/C14H19NO5/c1-4-7(10(16)17)15-11(18)13(2)8-5-6-9(20-8)14(13,3)12(15)19/h7-9H,4-6H2,1-3H3,(H,16,17)/t7-,8-,9+,13+,14-/m0/s1. The van der Waals surface area contributed by atoms with Gasteiger partial charge in [0.05, 0.1) is 23.0 Å². The normalized spacial score (nSPS) is 44.0. The second kappa shape index (κ2) is 3.81. The molecular weight excluding hydrogens is 262 g/mol. The Morgan fingerprint density at radius 2 is 1.75 bits per heavy atom. The van der Waals surface area contributed by atoms with Crippen LogP contribution in [0.5, 0.6) is 0 Å². The maximum atomic E-state index is 12.8.